The smallest absolute Gasteiger partial charge is 0.335 e. The predicted octanol–water partition coefficient (Wildman–Crippen LogP) is 2.72. The fourth-order valence-electron chi connectivity index (χ4n) is 4.17. The Morgan fingerprint density at radius 2 is 1.58 bits per heavy atom. The van der Waals surface area contributed by atoms with Crippen LogP contribution >= 0.6 is 0 Å². The fraction of sp³-hybridized carbons (Fsp3) is 0.0800. The average Bonchev–Trinajstić information content (AvgIpc) is 2.82. The van der Waals surface area contributed by atoms with Crippen LogP contribution in [0.3, 0.4) is 0 Å². The minimum Gasteiger partial charge on any atom is -0.493 e. The molecule has 1 aromatic heterocycles. The number of nitrogens with one attached hydrogen (secondary N) is 1. The molecule has 2 unspecified atom stereocenters. The number of carbonyl (C=O) groups excluding carboxylic acids is 2. The first-order valence-electron chi connectivity index (χ1n) is 10.2. The minimum atomic E-state index is -0.832. The highest BCUT2D eigenvalue weighted by Crippen LogP contribution is 2.38. The molecule has 8 heteroatoms. The van der Waals surface area contributed by atoms with Gasteiger partial charge < -0.3 is 5.11 Å². The summed E-state index contributed by atoms with van der Waals surface area (Å²) in [5.74, 6) is -2.16. The summed E-state index contributed by atoms with van der Waals surface area (Å²) in [5, 5.41) is 10.7. The lowest BCUT2D eigenvalue weighted by Gasteiger charge is -2.28. The second-order valence-corrected chi connectivity index (χ2v) is 7.68. The summed E-state index contributed by atoms with van der Waals surface area (Å²) in [4.78, 5) is 57.2. The number of benzene rings is 2. The molecule has 0 saturated heterocycles. The second kappa shape index (κ2) is 7.83. The number of aromatic nitrogens is 2. The highest BCUT2D eigenvalue weighted by Gasteiger charge is 2.40. The fourth-order valence-corrected chi connectivity index (χ4v) is 4.17. The van der Waals surface area contributed by atoms with Crippen molar-refractivity contribution in [3.05, 3.63) is 110 Å². The number of H-pyrrole nitrogens is 1. The Morgan fingerprint density at radius 3 is 2.30 bits per heavy atom. The van der Waals surface area contributed by atoms with Crippen molar-refractivity contribution in [2.45, 2.75) is 0 Å². The van der Waals surface area contributed by atoms with Gasteiger partial charge in [0.2, 0.25) is 5.88 Å². The van der Waals surface area contributed by atoms with Crippen LogP contribution in [0.1, 0.15) is 26.3 Å². The molecule has 2 aliphatic rings. The van der Waals surface area contributed by atoms with Gasteiger partial charge in [0.05, 0.1) is 28.8 Å². The van der Waals surface area contributed by atoms with Crippen LogP contribution in [-0.4, -0.2) is 32.4 Å². The number of aliphatic imine (C=N–C) groups is 1. The lowest BCUT2D eigenvalue weighted by molar-refractivity contribution is 0.0802. The van der Waals surface area contributed by atoms with Gasteiger partial charge in [-0.05, 0) is 18.2 Å². The van der Waals surface area contributed by atoms with E-state index in [-0.39, 0.29) is 33.9 Å². The third kappa shape index (κ3) is 3.28. The summed E-state index contributed by atoms with van der Waals surface area (Å²) in [6.45, 7) is 0. The average molecular weight is 439 g/mol. The summed E-state index contributed by atoms with van der Waals surface area (Å²) in [6, 6.07) is 13.1. The number of allylic oxidation sites excluding steroid dienone is 4. The highest BCUT2D eigenvalue weighted by molar-refractivity contribution is 6.19. The molecule has 2 aromatic carbocycles. The molecule has 8 nitrogen and oxygen atoms in total. The van der Waals surface area contributed by atoms with E-state index in [4.69, 9.17) is 0 Å². The Bertz CT molecular complexity index is 1510. The standard InChI is InChI=1S/C25H17N3O5/c29-21-15-9-4-5-10-16(15)22(30)20-17(21)11-6-12-19(20)26-13-18-23(31)27-25(33)28(24(18)32)14-7-2-1-3-8-14/h1-13,15-16,32H,(H,27,31,33). The summed E-state index contributed by atoms with van der Waals surface area (Å²) >= 11 is 0. The van der Waals surface area contributed by atoms with Crippen LogP contribution in [0, 0.1) is 11.8 Å². The quantitative estimate of drug-likeness (QED) is 0.608. The summed E-state index contributed by atoms with van der Waals surface area (Å²) in [7, 11) is 0. The molecule has 5 rings (SSSR count). The molecule has 1 heterocycles. The number of hydrogen-bond donors (Lipinski definition) is 2. The van der Waals surface area contributed by atoms with Crippen molar-refractivity contribution >= 4 is 23.5 Å². The number of carbonyl (C=O) groups is 2. The molecule has 0 bridgehead atoms. The van der Waals surface area contributed by atoms with E-state index in [1.807, 2.05) is 0 Å². The molecule has 3 aromatic rings. The van der Waals surface area contributed by atoms with Crippen molar-refractivity contribution in [1.29, 1.82) is 0 Å². The van der Waals surface area contributed by atoms with Crippen LogP contribution in [0.2, 0.25) is 0 Å². The van der Waals surface area contributed by atoms with Gasteiger partial charge in [-0.2, -0.15) is 0 Å². The number of para-hydroxylation sites is 1. The maximum atomic E-state index is 13.2. The Labute approximate surface area is 186 Å². The highest BCUT2D eigenvalue weighted by atomic mass is 16.3. The third-order valence-electron chi connectivity index (χ3n) is 5.76. The zero-order valence-electron chi connectivity index (χ0n) is 17.1. The van der Waals surface area contributed by atoms with Gasteiger partial charge in [0, 0.05) is 11.8 Å². The van der Waals surface area contributed by atoms with Crippen molar-refractivity contribution in [2.75, 3.05) is 0 Å². The molecule has 33 heavy (non-hydrogen) atoms. The van der Waals surface area contributed by atoms with Gasteiger partial charge in [-0.3, -0.25) is 24.4 Å². The Hall–Kier alpha value is -4.59. The van der Waals surface area contributed by atoms with Crippen LogP contribution in [0.25, 0.3) is 5.69 Å². The monoisotopic (exact) mass is 439 g/mol. The molecule has 0 spiro atoms. The molecular formula is C25H17N3O5. The Balaban J connectivity index is 1.62. The molecule has 0 aliphatic heterocycles. The molecule has 0 saturated carbocycles. The number of aromatic hydroxyl groups is 1. The number of Topliss-reactive ketones (excluding diaryl/α,β-unsaturated/α-hetero) is 2. The van der Waals surface area contributed by atoms with Crippen LogP contribution < -0.4 is 11.2 Å². The summed E-state index contributed by atoms with van der Waals surface area (Å²) in [5.41, 5.74) is -0.905. The number of nitrogens with zero attached hydrogens (tertiary/aromatic N) is 2. The number of hydrogen-bond acceptors (Lipinski definition) is 6. The normalized spacial score (nSPS) is 19.0. The number of rotatable bonds is 3. The Kier molecular flexibility index (Phi) is 4.82. The van der Waals surface area contributed by atoms with Crippen molar-refractivity contribution in [1.82, 2.24) is 9.55 Å². The molecular weight excluding hydrogens is 422 g/mol. The first-order chi connectivity index (χ1) is 16.0. The number of ketones is 2. The predicted molar refractivity (Wildman–Crippen MR) is 122 cm³/mol. The van der Waals surface area contributed by atoms with Gasteiger partial charge in [0.1, 0.15) is 5.56 Å². The summed E-state index contributed by atoms with van der Waals surface area (Å²) in [6.07, 6.45) is 7.97. The van der Waals surface area contributed by atoms with Gasteiger partial charge in [0.15, 0.2) is 11.6 Å². The minimum absolute atomic E-state index is 0.173. The number of fused-ring (bicyclic) bond motifs is 2. The topological polar surface area (TPSA) is 122 Å². The van der Waals surface area contributed by atoms with E-state index in [1.165, 1.54) is 0 Å². The molecule has 162 valence electrons. The third-order valence-corrected chi connectivity index (χ3v) is 5.76. The van der Waals surface area contributed by atoms with Crippen molar-refractivity contribution < 1.29 is 14.7 Å². The van der Waals surface area contributed by atoms with E-state index in [1.54, 1.807) is 72.8 Å². The van der Waals surface area contributed by atoms with E-state index in [0.29, 0.717) is 5.69 Å². The molecule has 0 radical (unpaired) electrons. The molecule has 2 aliphatic carbocycles. The first-order valence-corrected chi connectivity index (χ1v) is 10.2. The van der Waals surface area contributed by atoms with E-state index in [9.17, 15) is 24.3 Å². The zero-order chi connectivity index (χ0) is 23.1. The van der Waals surface area contributed by atoms with Crippen LogP contribution in [0.4, 0.5) is 5.69 Å². The Morgan fingerprint density at radius 1 is 0.879 bits per heavy atom. The lowest BCUT2D eigenvalue weighted by Crippen LogP contribution is -2.35. The first kappa shape index (κ1) is 20.3. The molecule has 0 amide bonds. The van der Waals surface area contributed by atoms with Crippen molar-refractivity contribution in [3.63, 3.8) is 0 Å². The molecule has 2 atom stereocenters. The van der Waals surface area contributed by atoms with E-state index >= 15 is 0 Å². The molecule has 0 fully saturated rings. The van der Waals surface area contributed by atoms with Crippen LogP contribution in [0.5, 0.6) is 5.88 Å². The second-order valence-electron chi connectivity index (χ2n) is 7.68. The maximum absolute atomic E-state index is 13.2. The van der Waals surface area contributed by atoms with Crippen LogP contribution in [-0.2, 0) is 0 Å². The summed E-state index contributed by atoms with van der Waals surface area (Å²) < 4.78 is 0.946. The van der Waals surface area contributed by atoms with E-state index < -0.39 is 29.0 Å². The number of aromatic amines is 1. The van der Waals surface area contributed by atoms with Crippen molar-refractivity contribution in [2.24, 2.45) is 16.8 Å². The van der Waals surface area contributed by atoms with Gasteiger partial charge in [-0.1, -0.05) is 54.6 Å². The van der Waals surface area contributed by atoms with Gasteiger partial charge in [0.25, 0.3) is 5.56 Å². The maximum Gasteiger partial charge on any atom is 0.335 e. The lowest BCUT2D eigenvalue weighted by atomic mass is 9.72. The van der Waals surface area contributed by atoms with Crippen LogP contribution in [0.15, 0.2) is 87.4 Å². The molecule has 2 N–H and O–H groups in total. The largest absolute Gasteiger partial charge is 0.493 e. The van der Waals surface area contributed by atoms with Gasteiger partial charge in [-0.15, -0.1) is 0 Å². The van der Waals surface area contributed by atoms with Gasteiger partial charge >= 0.3 is 5.69 Å². The van der Waals surface area contributed by atoms with Gasteiger partial charge in [-0.25, -0.2) is 9.36 Å². The SMILES string of the molecule is O=C1c2cccc(N=Cc3c(O)n(-c4ccccc4)c(=O)[nH]c3=O)c2C(=O)C2C=CC=CC12. The van der Waals surface area contributed by atoms with E-state index in [0.717, 1.165) is 10.8 Å². The van der Waals surface area contributed by atoms with Crippen molar-refractivity contribution in [3.8, 4) is 11.6 Å². The van der Waals surface area contributed by atoms with E-state index in [2.05, 4.69) is 9.98 Å². The zero-order valence-corrected chi connectivity index (χ0v) is 17.1.